The summed E-state index contributed by atoms with van der Waals surface area (Å²) >= 11 is 0. The Morgan fingerprint density at radius 2 is 1.67 bits per heavy atom. The van der Waals surface area contributed by atoms with Gasteiger partial charge in [0.2, 0.25) is 5.78 Å². The second kappa shape index (κ2) is 10.5. The molecule has 0 spiro atoms. The highest BCUT2D eigenvalue weighted by molar-refractivity contribution is 5.94. The molecule has 4 rings (SSSR count). The second-order valence-electron chi connectivity index (χ2n) is 9.44. The fourth-order valence-corrected chi connectivity index (χ4v) is 3.85. The summed E-state index contributed by atoms with van der Waals surface area (Å²) in [5, 5.41) is 8.66. The summed E-state index contributed by atoms with van der Waals surface area (Å²) in [6, 6.07) is 2.19. The summed E-state index contributed by atoms with van der Waals surface area (Å²) in [5.41, 5.74) is 0.123. The maximum atomic E-state index is 14.7. The van der Waals surface area contributed by atoms with E-state index in [9.17, 15) is 23.2 Å². The molecule has 11 heteroatoms. The zero-order valence-corrected chi connectivity index (χ0v) is 19.8. The number of halogens is 2. The Bertz CT molecular complexity index is 1120. The highest BCUT2D eigenvalue weighted by Gasteiger charge is 2.43. The number of carbonyl (C=O) groups is 3. The first kappa shape index (κ1) is 25.5. The Hall–Kier alpha value is -3.63. The van der Waals surface area contributed by atoms with E-state index in [1.807, 2.05) is 6.92 Å². The van der Waals surface area contributed by atoms with Crippen LogP contribution < -0.4 is 4.74 Å². The van der Waals surface area contributed by atoms with Crippen LogP contribution in [0.2, 0.25) is 0 Å². The fourth-order valence-electron chi connectivity index (χ4n) is 3.85. The number of benzene rings is 1. The number of piperidine rings is 1. The van der Waals surface area contributed by atoms with E-state index >= 15 is 0 Å². The average molecular weight is 504 g/mol. The number of aromatic nitrogens is 2. The van der Waals surface area contributed by atoms with Crippen LogP contribution in [0, 0.1) is 17.6 Å². The molecule has 2 fully saturated rings. The predicted molar refractivity (Wildman–Crippen MR) is 122 cm³/mol. The van der Waals surface area contributed by atoms with Crippen molar-refractivity contribution >= 4 is 17.8 Å². The number of nitrogens with zero attached hydrogens (tertiary/aromatic N) is 3. The molecule has 192 valence electrons. The number of aliphatic carboxylic acids is 1. The van der Waals surface area contributed by atoms with Crippen LogP contribution in [-0.2, 0) is 9.53 Å². The van der Waals surface area contributed by atoms with Crippen molar-refractivity contribution in [3.63, 3.8) is 0 Å². The maximum Gasteiger partial charge on any atom is 0.410 e. The van der Waals surface area contributed by atoms with Crippen LogP contribution in [0.15, 0.2) is 24.5 Å². The van der Waals surface area contributed by atoms with Crippen LogP contribution >= 0.6 is 0 Å². The minimum atomic E-state index is -1.11. The molecule has 1 aromatic carbocycles. The molecule has 0 atom stereocenters. The van der Waals surface area contributed by atoms with Crippen molar-refractivity contribution in [2.75, 3.05) is 19.7 Å². The molecular formula is C25H27F2N3O6. The molecule has 1 aliphatic heterocycles. The number of hydrogen-bond donors (Lipinski definition) is 1. The number of ketones is 1. The van der Waals surface area contributed by atoms with E-state index in [1.165, 1.54) is 12.4 Å². The number of carboxylic acids is 1. The van der Waals surface area contributed by atoms with Gasteiger partial charge in [0.05, 0.1) is 13.0 Å². The van der Waals surface area contributed by atoms with Gasteiger partial charge in [-0.2, -0.15) is 0 Å². The van der Waals surface area contributed by atoms with Crippen molar-refractivity contribution < 1.29 is 37.7 Å². The number of carbonyl (C=O) groups excluding carboxylic acids is 2. The molecule has 2 heterocycles. The zero-order valence-electron chi connectivity index (χ0n) is 19.8. The quantitative estimate of drug-likeness (QED) is 0.505. The Kier molecular flexibility index (Phi) is 7.46. The van der Waals surface area contributed by atoms with Gasteiger partial charge in [-0.15, -0.1) is 0 Å². The molecule has 0 bridgehead atoms. The predicted octanol–water partition coefficient (Wildman–Crippen LogP) is 4.25. The largest absolute Gasteiger partial charge is 0.487 e. The van der Waals surface area contributed by atoms with E-state index in [1.54, 1.807) is 4.90 Å². The summed E-state index contributed by atoms with van der Waals surface area (Å²) < 4.78 is 40.3. The van der Waals surface area contributed by atoms with Gasteiger partial charge in [-0.25, -0.2) is 23.5 Å². The van der Waals surface area contributed by atoms with E-state index in [0.29, 0.717) is 25.9 Å². The van der Waals surface area contributed by atoms with Crippen molar-refractivity contribution in [3.8, 4) is 16.9 Å². The molecule has 1 saturated heterocycles. The molecular weight excluding hydrogens is 476 g/mol. The van der Waals surface area contributed by atoms with E-state index in [4.69, 9.17) is 14.6 Å². The van der Waals surface area contributed by atoms with Crippen molar-refractivity contribution in [1.82, 2.24) is 14.9 Å². The molecule has 2 aromatic rings. The molecule has 9 nitrogen and oxygen atoms in total. The van der Waals surface area contributed by atoms with Crippen molar-refractivity contribution in [2.45, 2.75) is 51.0 Å². The summed E-state index contributed by atoms with van der Waals surface area (Å²) in [6.45, 7) is 3.03. The molecule has 1 amide bonds. The number of carboxylic acid groups (broad SMARTS) is 1. The van der Waals surface area contributed by atoms with Gasteiger partial charge in [0.25, 0.3) is 0 Å². The molecule has 1 aromatic heterocycles. The first-order valence-electron chi connectivity index (χ1n) is 11.8. The molecule has 1 aliphatic carbocycles. The third-order valence-electron chi connectivity index (χ3n) is 6.42. The van der Waals surface area contributed by atoms with Crippen LogP contribution in [0.3, 0.4) is 0 Å². The van der Waals surface area contributed by atoms with Gasteiger partial charge in [-0.1, -0.05) is 0 Å². The van der Waals surface area contributed by atoms with Crippen LogP contribution in [0.4, 0.5) is 13.6 Å². The smallest absolute Gasteiger partial charge is 0.410 e. The van der Waals surface area contributed by atoms with Crippen molar-refractivity contribution in [2.24, 2.45) is 5.92 Å². The lowest BCUT2D eigenvalue weighted by Gasteiger charge is -2.32. The van der Waals surface area contributed by atoms with Gasteiger partial charge >= 0.3 is 12.1 Å². The van der Waals surface area contributed by atoms with E-state index in [2.05, 4.69) is 9.97 Å². The monoisotopic (exact) mass is 503 g/mol. The van der Waals surface area contributed by atoms with Crippen LogP contribution in [0.1, 0.15) is 56.1 Å². The van der Waals surface area contributed by atoms with Crippen molar-refractivity contribution in [1.29, 1.82) is 0 Å². The Labute approximate surface area is 206 Å². The first-order chi connectivity index (χ1) is 17.1. The number of likely N-dealkylation sites (tertiary alicyclic amines) is 1. The molecule has 1 N–H and O–H groups in total. The Morgan fingerprint density at radius 3 is 2.22 bits per heavy atom. The van der Waals surface area contributed by atoms with Crippen LogP contribution in [0.25, 0.3) is 11.1 Å². The lowest BCUT2D eigenvalue weighted by Crippen LogP contribution is -2.41. The fraction of sp³-hybridized carbons (Fsp3) is 0.480. The summed E-state index contributed by atoms with van der Waals surface area (Å²) in [4.78, 5) is 44.1. The van der Waals surface area contributed by atoms with Gasteiger partial charge in [0.15, 0.2) is 23.2 Å². The molecule has 0 radical (unpaired) electrons. The minimum absolute atomic E-state index is 0.0450. The standard InChI is InChI=1S/C25H27F2N3O6/c1-25(6-7-25)36-24(34)30-8-4-15(5-9-30)14-35-22-18(26)10-16(11-19(22)27)17-12-28-23(29-13-17)20(31)2-3-21(32)33/h10-13,15H,2-9,14H2,1H3,(H,32,33). The number of Topliss-reactive ketones (excluding diaryl/α,β-unsaturated/α-hetero) is 1. The van der Waals surface area contributed by atoms with Crippen molar-refractivity contribution in [3.05, 3.63) is 42.0 Å². The topological polar surface area (TPSA) is 119 Å². The number of hydrogen-bond acceptors (Lipinski definition) is 7. The average Bonchev–Trinajstić information content (AvgIpc) is 3.58. The van der Waals surface area contributed by atoms with Gasteiger partial charge in [-0.05, 0) is 56.2 Å². The van der Waals surface area contributed by atoms with Gasteiger partial charge in [0.1, 0.15) is 5.60 Å². The van der Waals surface area contributed by atoms with E-state index < -0.39 is 29.1 Å². The summed E-state index contributed by atoms with van der Waals surface area (Å²) in [5.74, 6) is -4.02. The van der Waals surface area contributed by atoms with Crippen LogP contribution in [-0.4, -0.2) is 63.1 Å². The molecule has 2 aliphatic rings. The van der Waals surface area contributed by atoms with Crippen LogP contribution in [0.5, 0.6) is 5.75 Å². The van der Waals surface area contributed by atoms with Gasteiger partial charge < -0.3 is 19.5 Å². The van der Waals surface area contributed by atoms with E-state index in [0.717, 1.165) is 25.0 Å². The summed E-state index contributed by atoms with van der Waals surface area (Å²) in [7, 11) is 0. The third kappa shape index (κ3) is 6.32. The lowest BCUT2D eigenvalue weighted by atomic mass is 9.98. The minimum Gasteiger partial charge on any atom is -0.487 e. The second-order valence-corrected chi connectivity index (χ2v) is 9.44. The SMILES string of the molecule is CC1(OC(=O)N2CCC(COc3c(F)cc(-c4cnc(C(=O)CCC(=O)O)nc4)cc3F)CC2)CC1. The highest BCUT2D eigenvalue weighted by atomic mass is 19.1. The van der Waals surface area contributed by atoms with E-state index in [-0.39, 0.29) is 54.0 Å². The molecule has 1 saturated carbocycles. The zero-order chi connectivity index (χ0) is 25.9. The third-order valence-corrected chi connectivity index (χ3v) is 6.42. The summed E-state index contributed by atoms with van der Waals surface area (Å²) in [6.07, 6.45) is 4.64. The number of amides is 1. The first-order valence-corrected chi connectivity index (χ1v) is 11.8. The molecule has 0 unspecified atom stereocenters. The van der Waals surface area contributed by atoms with Gasteiger partial charge in [0, 0.05) is 37.5 Å². The number of ether oxygens (including phenoxy) is 2. The Morgan fingerprint density at radius 1 is 1.06 bits per heavy atom. The normalized spacial score (nSPS) is 16.9. The Balaban J connectivity index is 1.31. The molecule has 36 heavy (non-hydrogen) atoms. The maximum absolute atomic E-state index is 14.7. The lowest BCUT2D eigenvalue weighted by molar-refractivity contribution is -0.136. The van der Waals surface area contributed by atoms with Gasteiger partial charge in [-0.3, -0.25) is 9.59 Å². The number of rotatable bonds is 9. The highest BCUT2D eigenvalue weighted by Crippen LogP contribution is 2.39.